The molecule has 2 aromatic carbocycles. The Kier molecular flexibility index (Phi) is 4.29. The predicted molar refractivity (Wildman–Crippen MR) is 98.9 cm³/mol. The largest absolute Gasteiger partial charge is 0.494 e. The van der Waals surface area contributed by atoms with Gasteiger partial charge in [0.15, 0.2) is 5.76 Å². The van der Waals surface area contributed by atoms with Crippen LogP contribution in [-0.2, 0) is 0 Å². The van der Waals surface area contributed by atoms with Crippen LogP contribution in [-0.4, -0.2) is 19.1 Å². The first-order valence-electron chi connectivity index (χ1n) is 8.86. The highest BCUT2D eigenvalue weighted by Crippen LogP contribution is 2.33. The van der Waals surface area contributed by atoms with Gasteiger partial charge in [-0.3, -0.25) is 4.79 Å². The number of hydrogen-bond donors (Lipinski definition) is 1. The molecule has 0 spiro atoms. The number of fused-ring (bicyclic) bond motifs is 2. The minimum Gasteiger partial charge on any atom is -0.494 e. The molecule has 1 aliphatic rings. The fraction of sp³-hybridized carbons (Fsp3) is 0.286. The molecule has 0 saturated carbocycles. The number of benzene rings is 2. The Balaban J connectivity index is 1.62. The Bertz CT molecular complexity index is 960. The average Bonchev–Trinajstić information content (AvgIpc) is 2.99. The van der Waals surface area contributed by atoms with Gasteiger partial charge in [-0.25, -0.2) is 0 Å². The van der Waals surface area contributed by atoms with E-state index in [1.165, 1.54) is 0 Å². The van der Waals surface area contributed by atoms with E-state index >= 15 is 0 Å². The maximum Gasteiger partial charge on any atom is 0.287 e. The third-order valence-electron chi connectivity index (χ3n) is 4.69. The number of nitrogens with one attached hydrogen (secondary N) is 1. The number of carbonyl (C=O) groups excluding carboxylic acids is 1. The molecule has 1 N–H and O–H groups in total. The van der Waals surface area contributed by atoms with Crippen LogP contribution in [0.15, 0.2) is 46.9 Å². The lowest BCUT2D eigenvalue weighted by Crippen LogP contribution is -2.32. The molecule has 2 heterocycles. The third kappa shape index (κ3) is 2.90. The first-order valence-corrected chi connectivity index (χ1v) is 8.86. The summed E-state index contributed by atoms with van der Waals surface area (Å²) in [4.78, 5) is 12.8. The molecular formula is C21H21NO4. The van der Waals surface area contributed by atoms with Crippen LogP contribution in [0.3, 0.4) is 0 Å². The zero-order chi connectivity index (χ0) is 18.1. The van der Waals surface area contributed by atoms with Gasteiger partial charge >= 0.3 is 0 Å². The van der Waals surface area contributed by atoms with Crippen molar-refractivity contribution in [1.82, 2.24) is 5.32 Å². The third-order valence-corrected chi connectivity index (χ3v) is 4.69. The Morgan fingerprint density at radius 1 is 1.27 bits per heavy atom. The fourth-order valence-electron chi connectivity index (χ4n) is 3.39. The Labute approximate surface area is 151 Å². The molecule has 1 atom stereocenters. The van der Waals surface area contributed by atoms with Crippen LogP contribution in [0, 0.1) is 6.92 Å². The molecule has 0 bridgehead atoms. The van der Waals surface area contributed by atoms with Crippen molar-refractivity contribution < 1.29 is 18.7 Å². The zero-order valence-electron chi connectivity index (χ0n) is 14.9. The molecule has 0 radical (unpaired) electrons. The number of amides is 1. The van der Waals surface area contributed by atoms with E-state index in [0.29, 0.717) is 24.6 Å². The maximum atomic E-state index is 12.8. The summed E-state index contributed by atoms with van der Waals surface area (Å²) in [5.74, 6) is 1.73. The smallest absolute Gasteiger partial charge is 0.287 e. The number of ether oxygens (including phenoxy) is 2. The van der Waals surface area contributed by atoms with Gasteiger partial charge in [0.2, 0.25) is 0 Å². The summed E-state index contributed by atoms with van der Waals surface area (Å²) in [7, 11) is 0. The topological polar surface area (TPSA) is 60.7 Å². The van der Waals surface area contributed by atoms with Crippen molar-refractivity contribution in [2.75, 3.05) is 13.2 Å². The lowest BCUT2D eigenvalue weighted by molar-refractivity contribution is 0.0898. The molecule has 3 aromatic rings. The highest BCUT2D eigenvalue weighted by Gasteiger charge is 2.26. The van der Waals surface area contributed by atoms with Crippen molar-refractivity contribution in [1.29, 1.82) is 0 Å². The second-order valence-corrected chi connectivity index (χ2v) is 6.35. The van der Waals surface area contributed by atoms with Crippen LogP contribution >= 0.6 is 0 Å². The second-order valence-electron chi connectivity index (χ2n) is 6.35. The van der Waals surface area contributed by atoms with E-state index < -0.39 is 0 Å². The number of rotatable bonds is 4. The van der Waals surface area contributed by atoms with Gasteiger partial charge in [-0.1, -0.05) is 18.2 Å². The summed E-state index contributed by atoms with van der Waals surface area (Å²) >= 11 is 0. The highest BCUT2D eigenvalue weighted by atomic mass is 16.5. The number of aryl methyl sites for hydroxylation is 1. The van der Waals surface area contributed by atoms with Gasteiger partial charge in [0, 0.05) is 22.9 Å². The van der Waals surface area contributed by atoms with Gasteiger partial charge in [0.1, 0.15) is 17.1 Å². The quantitative estimate of drug-likeness (QED) is 0.757. The minimum absolute atomic E-state index is 0.0842. The minimum atomic E-state index is -0.210. The van der Waals surface area contributed by atoms with E-state index in [1.807, 2.05) is 56.3 Å². The molecule has 0 saturated heterocycles. The van der Waals surface area contributed by atoms with Crippen molar-refractivity contribution in [2.24, 2.45) is 0 Å². The summed E-state index contributed by atoms with van der Waals surface area (Å²) < 4.78 is 17.0. The predicted octanol–water partition coefficient (Wildman–Crippen LogP) is 4.39. The highest BCUT2D eigenvalue weighted by molar-refractivity contribution is 5.99. The summed E-state index contributed by atoms with van der Waals surface area (Å²) in [6.07, 6.45) is 0.733. The molecule has 0 fully saturated rings. The van der Waals surface area contributed by atoms with Crippen molar-refractivity contribution in [3.63, 3.8) is 0 Å². The van der Waals surface area contributed by atoms with Crippen LogP contribution in [0.4, 0.5) is 0 Å². The SMILES string of the molecule is CCOc1ccc2oc(C(=O)NC3CCOc4ccccc43)c(C)c2c1. The number of furan rings is 1. The molecule has 0 aliphatic carbocycles. The lowest BCUT2D eigenvalue weighted by atomic mass is 10.0. The molecule has 5 heteroatoms. The summed E-state index contributed by atoms with van der Waals surface area (Å²) in [5, 5.41) is 3.99. The van der Waals surface area contributed by atoms with E-state index in [1.54, 1.807) is 0 Å². The van der Waals surface area contributed by atoms with Crippen molar-refractivity contribution in [3.05, 3.63) is 59.4 Å². The van der Waals surface area contributed by atoms with Gasteiger partial charge in [0.05, 0.1) is 19.3 Å². The average molecular weight is 351 g/mol. The fourth-order valence-corrected chi connectivity index (χ4v) is 3.39. The number of hydrogen-bond acceptors (Lipinski definition) is 4. The monoisotopic (exact) mass is 351 g/mol. The Morgan fingerprint density at radius 2 is 2.12 bits per heavy atom. The van der Waals surface area contributed by atoms with Gasteiger partial charge in [0.25, 0.3) is 5.91 Å². The molecular weight excluding hydrogens is 330 g/mol. The molecule has 1 unspecified atom stereocenters. The second kappa shape index (κ2) is 6.75. The summed E-state index contributed by atoms with van der Waals surface area (Å²) in [6.45, 7) is 5.02. The van der Waals surface area contributed by atoms with Crippen LogP contribution < -0.4 is 14.8 Å². The molecule has 134 valence electrons. The maximum absolute atomic E-state index is 12.8. The van der Waals surface area contributed by atoms with Gasteiger partial charge in [-0.05, 0) is 38.1 Å². The van der Waals surface area contributed by atoms with E-state index in [-0.39, 0.29) is 11.9 Å². The van der Waals surface area contributed by atoms with Gasteiger partial charge < -0.3 is 19.2 Å². The molecule has 1 aliphatic heterocycles. The lowest BCUT2D eigenvalue weighted by Gasteiger charge is -2.26. The molecule has 1 aromatic heterocycles. The number of para-hydroxylation sites is 1. The zero-order valence-corrected chi connectivity index (χ0v) is 14.9. The number of carbonyl (C=O) groups is 1. The van der Waals surface area contributed by atoms with Crippen molar-refractivity contribution in [2.45, 2.75) is 26.3 Å². The Hall–Kier alpha value is -2.95. The Morgan fingerprint density at radius 3 is 2.96 bits per heavy atom. The van der Waals surface area contributed by atoms with Crippen LogP contribution in [0.1, 0.15) is 41.1 Å². The van der Waals surface area contributed by atoms with Crippen LogP contribution in [0.2, 0.25) is 0 Å². The first-order chi connectivity index (χ1) is 12.7. The van der Waals surface area contributed by atoms with E-state index in [9.17, 15) is 4.79 Å². The molecule has 26 heavy (non-hydrogen) atoms. The van der Waals surface area contributed by atoms with Gasteiger partial charge in [-0.2, -0.15) is 0 Å². The standard InChI is InChI=1S/C21H21NO4/c1-3-24-14-8-9-19-16(12-14)13(2)20(26-19)21(23)22-17-10-11-25-18-7-5-4-6-15(17)18/h4-9,12,17H,3,10-11H2,1-2H3,(H,22,23). The van der Waals surface area contributed by atoms with Crippen molar-refractivity contribution >= 4 is 16.9 Å². The normalized spacial score (nSPS) is 16.0. The van der Waals surface area contributed by atoms with Crippen LogP contribution in [0.25, 0.3) is 11.0 Å². The van der Waals surface area contributed by atoms with Gasteiger partial charge in [-0.15, -0.1) is 0 Å². The van der Waals surface area contributed by atoms with E-state index in [0.717, 1.165) is 34.4 Å². The van der Waals surface area contributed by atoms with E-state index in [4.69, 9.17) is 13.9 Å². The summed E-state index contributed by atoms with van der Waals surface area (Å²) in [5.41, 5.74) is 2.50. The van der Waals surface area contributed by atoms with Crippen LogP contribution in [0.5, 0.6) is 11.5 Å². The molecule has 5 nitrogen and oxygen atoms in total. The molecule has 4 rings (SSSR count). The van der Waals surface area contributed by atoms with E-state index in [2.05, 4.69) is 5.32 Å². The van der Waals surface area contributed by atoms with Crippen molar-refractivity contribution in [3.8, 4) is 11.5 Å². The molecule has 1 amide bonds. The summed E-state index contributed by atoms with van der Waals surface area (Å²) in [6, 6.07) is 13.3. The first kappa shape index (κ1) is 16.5.